The Morgan fingerprint density at radius 3 is 2.64 bits per heavy atom. The van der Waals surface area contributed by atoms with Crippen LogP contribution in [0.1, 0.15) is 46.0 Å². The number of hydrogen-bond acceptors (Lipinski definition) is 6. The largest absolute Gasteiger partial charge is 0.451 e. The maximum atomic E-state index is 13.0. The van der Waals surface area contributed by atoms with E-state index in [1.807, 2.05) is 31.2 Å². The molecule has 1 atom stereocenters. The van der Waals surface area contributed by atoms with E-state index in [1.165, 1.54) is 25.0 Å². The molecular weight excluding hydrogens is 374 g/mol. The molecule has 0 aliphatic rings. The molecule has 0 saturated carbocycles. The van der Waals surface area contributed by atoms with Gasteiger partial charge in [-0.1, -0.05) is 23.9 Å². The summed E-state index contributed by atoms with van der Waals surface area (Å²) in [5.41, 5.74) is 4.52. The molecule has 1 N–H and O–H groups in total. The van der Waals surface area contributed by atoms with E-state index < -0.39 is 5.25 Å². The molecule has 0 saturated heterocycles. The zero-order valence-electron chi connectivity index (χ0n) is 16.0. The number of aryl methyl sites for hydroxylation is 1. The van der Waals surface area contributed by atoms with Crippen molar-refractivity contribution >= 4 is 45.4 Å². The van der Waals surface area contributed by atoms with Crippen molar-refractivity contribution in [2.24, 2.45) is 0 Å². The number of carbonyl (C=O) groups is 2. The van der Waals surface area contributed by atoms with Crippen LogP contribution < -0.4 is 0 Å². The molecule has 4 aromatic rings. The molecule has 28 heavy (non-hydrogen) atoms. The lowest BCUT2D eigenvalue weighted by atomic mass is 10.0. The van der Waals surface area contributed by atoms with Crippen molar-refractivity contribution in [1.82, 2.24) is 15.0 Å². The van der Waals surface area contributed by atoms with Gasteiger partial charge in [0.05, 0.1) is 10.9 Å². The lowest BCUT2D eigenvalue weighted by Crippen LogP contribution is -2.15. The van der Waals surface area contributed by atoms with Gasteiger partial charge in [-0.05, 0) is 45.4 Å². The number of benzene rings is 1. The van der Waals surface area contributed by atoms with Crippen LogP contribution in [-0.4, -0.2) is 31.8 Å². The Balaban J connectivity index is 1.69. The fourth-order valence-electron chi connectivity index (χ4n) is 3.54. The third-order valence-electron chi connectivity index (χ3n) is 4.82. The number of fused-ring (bicyclic) bond motifs is 3. The maximum Gasteiger partial charge on any atom is 0.192 e. The van der Waals surface area contributed by atoms with Gasteiger partial charge in [0.2, 0.25) is 0 Å². The van der Waals surface area contributed by atoms with Crippen LogP contribution in [0, 0.1) is 13.8 Å². The Labute approximate surface area is 165 Å². The van der Waals surface area contributed by atoms with Gasteiger partial charge in [0.25, 0.3) is 0 Å². The van der Waals surface area contributed by atoms with E-state index in [4.69, 9.17) is 4.42 Å². The molecule has 7 heteroatoms. The second-order valence-corrected chi connectivity index (χ2v) is 8.09. The molecule has 0 unspecified atom stereocenters. The average molecular weight is 393 g/mol. The standard InChI is InChI=1S/C21H19N3O3S/c1-10-16(12(3)25)11(2)24-17(10)19(26)13(4)28-21-20-18(22-9-23-21)14-7-5-6-8-15(14)27-20/h5-9,13,24H,1-4H3/t13-/m1/s1. The van der Waals surface area contributed by atoms with Crippen LogP contribution in [0.3, 0.4) is 0 Å². The van der Waals surface area contributed by atoms with Crippen LogP contribution in [0.2, 0.25) is 0 Å². The molecule has 0 amide bonds. The predicted molar refractivity (Wildman–Crippen MR) is 109 cm³/mol. The Kier molecular flexibility index (Phi) is 4.55. The fraction of sp³-hybridized carbons (Fsp3) is 0.238. The third kappa shape index (κ3) is 2.92. The number of H-pyrrole nitrogens is 1. The van der Waals surface area contributed by atoms with E-state index in [2.05, 4.69) is 15.0 Å². The number of nitrogens with one attached hydrogen (secondary N) is 1. The lowest BCUT2D eigenvalue weighted by Gasteiger charge is -2.09. The number of ketones is 2. The highest BCUT2D eigenvalue weighted by Crippen LogP contribution is 2.35. The van der Waals surface area contributed by atoms with Gasteiger partial charge in [0, 0.05) is 16.6 Å². The van der Waals surface area contributed by atoms with Gasteiger partial charge >= 0.3 is 0 Å². The first-order valence-electron chi connectivity index (χ1n) is 8.91. The number of Topliss-reactive ketones (excluding diaryl/α,β-unsaturated/α-hetero) is 2. The van der Waals surface area contributed by atoms with Gasteiger partial charge in [0.15, 0.2) is 17.1 Å². The summed E-state index contributed by atoms with van der Waals surface area (Å²) in [5.74, 6) is -0.133. The number of carbonyl (C=O) groups excluding carboxylic acids is 2. The molecular formula is C21H19N3O3S. The molecule has 0 radical (unpaired) electrons. The Morgan fingerprint density at radius 2 is 1.93 bits per heavy atom. The molecule has 0 bridgehead atoms. The van der Waals surface area contributed by atoms with E-state index in [-0.39, 0.29) is 11.6 Å². The van der Waals surface area contributed by atoms with E-state index in [0.29, 0.717) is 33.1 Å². The molecule has 3 aromatic heterocycles. The topological polar surface area (TPSA) is 88.9 Å². The predicted octanol–water partition coefficient (Wildman–Crippen LogP) is 4.89. The Bertz CT molecular complexity index is 1240. The molecule has 4 rings (SSSR count). The normalized spacial score (nSPS) is 12.6. The molecule has 1 aromatic carbocycles. The van der Waals surface area contributed by atoms with Crippen molar-refractivity contribution in [3.05, 3.63) is 53.1 Å². The maximum absolute atomic E-state index is 13.0. The average Bonchev–Trinajstić information content (AvgIpc) is 3.19. The van der Waals surface area contributed by atoms with Gasteiger partial charge in [-0.2, -0.15) is 0 Å². The summed E-state index contributed by atoms with van der Waals surface area (Å²) >= 11 is 1.32. The van der Waals surface area contributed by atoms with Crippen LogP contribution in [0.25, 0.3) is 22.1 Å². The first-order valence-corrected chi connectivity index (χ1v) is 9.79. The first-order chi connectivity index (χ1) is 13.4. The van der Waals surface area contributed by atoms with Gasteiger partial charge in [-0.3, -0.25) is 9.59 Å². The van der Waals surface area contributed by atoms with Gasteiger partial charge in [-0.25, -0.2) is 9.97 Å². The van der Waals surface area contributed by atoms with Crippen molar-refractivity contribution in [3.8, 4) is 0 Å². The number of aromatic amines is 1. The number of nitrogens with zero attached hydrogens (tertiary/aromatic N) is 2. The van der Waals surface area contributed by atoms with Crippen molar-refractivity contribution in [2.75, 3.05) is 0 Å². The zero-order valence-corrected chi connectivity index (χ0v) is 16.8. The molecule has 0 aliphatic carbocycles. The van der Waals surface area contributed by atoms with Crippen LogP contribution in [0.5, 0.6) is 0 Å². The van der Waals surface area contributed by atoms with E-state index in [0.717, 1.165) is 16.5 Å². The van der Waals surface area contributed by atoms with E-state index >= 15 is 0 Å². The number of furan rings is 1. The van der Waals surface area contributed by atoms with E-state index in [1.54, 1.807) is 13.8 Å². The Morgan fingerprint density at radius 1 is 1.18 bits per heavy atom. The minimum Gasteiger partial charge on any atom is -0.451 e. The summed E-state index contributed by atoms with van der Waals surface area (Å²) in [6.45, 7) is 6.94. The van der Waals surface area contributed by atoms with Crippen molar-refractivity contribution in [2.45, 2.75) is 38.0 Å². The number of hydrogen-bond donors (Lipinski definition) is 1. The minimum atomic E-state index is -0.414. The lowest BCUT2D eigenvalue weighted by molar-refractivity contribution is 0.0988. The zero-order chi connectivity index (χ0) is 20.0. The fourth-order valence-corrected chi connectivity index (χ4v) is 4.45. The van der Waals surface area contributed by atoms with Crippen LogP contribution >= 0.6 is 11.8 Å². The number of aromatic nitrogens is 3. The van der Waals surface area contributed by atoms with Gasteiger partial charge in [0.1, 0.15) is 22.5 Å². The molecule has 0 spiro atoms. The van der Waals surface area contributed by atoms with Crippen molar-refractivity contribution in [1.29, 1.82) is 0 Å². The Hall–Kier alpha value is -2.93. The number of thioether (sulfide) groups is 1. The summed E-state index contributed by atoms with van der Waals surface area (Å²) < 4.78 is 5.94. The highest BCUT2D eigenvalue weighted by atomic mass is 32.2. The summed E-state index contributed by atoms with van der Waals surface area (Å²) in [7, 11) is 0. The molecule has 0 aliphatic heterocycles. The van der Waals surface area contributed by atoms with Gasteiger partial charge in [-0.15, -0.1) is 0 Å². The van der Waals surface area contributed by atoms with Crippen LogP contribution in [-0.2, 0) is 0 Å². The summed E-state index contributed by atoms with van der Waals surface area (Å²) in [6.07, 6.45) is 1.49. The highest BCUT2D eigenvalue weighted by Gasteiger charge is 2.26. The van der Waals surface area contributed by atoms with Crippen LogP contribution in [0.15, 0.2) is 40.0 Å². The SMILES string of the molecule is CC(=O)c1c(C)[nH]c(C(=O)[C@@H](C)Sc2ncnc3c2oc2ccccc23)c1C. The third-order valence-corrected chi connectivity index (χ3v) is 5.90. The van der Waals surface area contributed by atoms with E-state index in [9.17, 15) is 9.59 Å². The molecule has 6 nitrogen and oxygen atoms in total. The van der Waals surface area contributed by atoms with Crippen molar-refractivity contribution in [3.63, 3.8) is 0 Å². The summed E-state index contributed by atoms with van der Waals surface area (Å²) in [4.78, 5) is 36.6. The molecule has 3 heterocycles. The summed E-state index contributed by atoms with van der Waals surface area (Å²) in [5, 5.41) is 1.13. The monoisotopic (exact) mass is 393 g/mol. The minimum absolute atomic E-state index is 0.0506. The highest BCUT2D eigenvalue weighted by molar-refractivity contribution is 8.00. The second-order valence-electron chi connectivity index (χ2n) is 6.76. The van der Waals surface area contributed by atoms with Crippen LogP contribution in [0.4, 0.5) is 0 Å². The molecule has 142 valence electrons. The van der Waals surface area contributed by atoms with Crippen molar-refractivity contribution < 1.29 is 14.0 Å². The number of para-hydroxylation sites is 1. The molecule has 0 fully saturated rings. The smallest absolute Gasteiger partial charge is 0.192 e. The second kappa shape index (κ2) is 6.91. The van der Waals surface area contributed by atoms with Gasteiger partial charge < -0.3 is 9.40 Å². The first kappa shape index (κ1) is 18.4. The summed E-state index contributed by atoms with van der Waals surface area (Å²) in [6, 6.07) is 7.67. The number of rotatable bonds is 5. The quantitative estimate of drug-likeness (QED) is 0.295.